The number of rotatable bonds is 6. The first kappa shape index (κ1) is 17.6. The number of carbonyl (C=O) groups is 3. The number of nitrogens with one attached hydrogen (secondary N) is 1. The van der Waals surface area contributed by atoms with Crippen LogP contribution in [0, 0.1) is 0 Å². The van der Waals surface area contributed by atoms with E-state index in [2.05, 4.69) is 9.47 Å². The Morgan fingerprint density at radius 1 is 1.05 bits per heavy atom. The first-order valence-corrected chi connectivity index (χ1v) is 7.22. The summed E-state index contributed by atoms with van der Waals surface area (Å²) in [5.41, 5.74) is -0.387. The van der Waals surface area contributed by atoms with Crippen LogP contribution in [0.3, 0.4) is 0 Å². The number of hydrogen-bond donors (Lipinski definition) is 2. The lowest BCUT2D eigenvalue weighted by molar-refractivity contribution is -0.135. The molecule has 0 aliphatic carbocycles. The summed E-state index contributed by atoms with van der Waals surface area (Å²) in [6.45, 7) is -0.849. The maximum Gasteiger partial charge on any atom is 0.337 e. The normalized spacial score (nSPS) is 10.8. The van der Waals surface area contributed by atoms with Crippen molar-refractivity contribution in [3.05, 3.63) is 29.3 Å². The molecule has 0 fully saturated rings. The zero-order chi connectivity index (χ0) is 16.9. The maximum atomic E-state index is 12.0. The topological polar surface area (TPSA) is 136 Å². The van der Waals surface area contributed by atoms with Crippen molar-refractivity contribution in [2.45, 2.75) is 4.90 Å². The Morgan fingerprint density at radius 2 is 1.50 bits per heavy atom. The van der Waals surface area contributed by atoms with Crippen molar-refractivity contribution in [2.75, 3.05) is 20.8 Å². The predicted octanol–water partition coefficient (Wildman–Crippen LogP) is -0.377. The Hall–Kier alpha value is -2.46. The summed E-state index contributed by atoms with van der Waals surface area (Å²) in [4.78, 5) is 33.1. The third-order valence-electron chi connectivity index (χ3n) is 2.47. The van der Waals surface area contributed by atoms with Crippen molar-refractivity contribution in [1.82, 2.24) is 4.72 Å². The van der Waals surface area contributed by atoms with Crippen LogP contribution in [0.5, 0.6) is 0 Å². The summed E-state index contributed by atoms with van der Waals surface area (Å²) < 4.78 is 34.7. The summed E-state index contributed by atoms with van der Waals surface area (Å²) in [6.07, 6.45) is 0. The number of aliphatic carboxylic acids is 1. The Kier molecular flexibility index (Phi) is 5.60. The second kappa shape index (κ2) is 7.00. The minimum Gasteiger partial charge on any atom is -0.480 e. The van der Waals surface area contributed by atoms with E-state index in [4.69, 9.17) is 5.11 Å². The first-order valence-electron chi connectivity index (χ1n) is 5.74. The highest BCUT2D eigenvalue weighted by atomic mass is 32.2. The number of carbonyl (C=O) groups excluding carboxylic acids is 2. The fourth-order valence-electron chi connectivity index (χ4n) is 1.47. The van der Waals surface area contributed by atoms with Gasteiger partial charge in [-0.15, -0.1) is 0 Å². The van der Waals surface area contributed by atoms with Gasteiger partial charge >= 0.3 is 17.9 Å². The second-order valence-corrected chi connectivity index (χ2v) is 5.71. The van der Waals surface area contributed by atoms with E-state index in [1.54, 1.807) is 0 Å². The lowest BCUT2D eigenvalue weighted by Crippen LogP contribution is -2.29. The van der Waals surface area contributed by atoms with E-state index < -0.39 is 39.4 Å². The van der Waals surface area contributed by atoms with Crippen molar-refractivity contribution in [1.29, 1.82) is 0 Å². The molecule has 0 aliphatic rings. The van der Waals surface area contributed by atoms with Gasteiger partial charge in [0.05, 0.1) is 30.2 Å². The van der Waals surface area contributed by atoms with Gasteiger partial charge in [-0.25, -0.2) is 18.0 Å². The van der Waals surface area contributed by atoms with Crippen molar-refractivity contribution in [3.8, 4) is 0 Å². The molecule has 1 rings (SSSR count). The van der Waals surface area contributed by atoms with E-state index in [1.807, 2.05) is 4.72 Å². The van der Waals surface area contributed by atoms with E-state index in [0.717, 1.165) is 32.4 Å². The summed E-state index contributed by atoms with van der Waals surface area (Å²) in [6, 6.07) is 3.03. The SMILES string of the molecule is COC(=O)c1cc(C(=O)OC)cc(S(=O)(=O)NCC(=O)O)c1. The third-order valence-corrected chi connectivity index (χ3v) is 3.85. The molecule has 0 bridgehead atoms. The average Bonchev–Trinajstić information content (AvgIpc) is 2.50. The smallest absolute Gasteiger partial charge is 0.337 e. The van der Waals surface area contributed by atoms with Crippen LogP contribution in [0.15, 0.2) is 23.1 Å². The number of hydrogen-bond acceptors (Lipinski definition) is 7. The van der Waals surface area contributed by atoms with Gasteiger partial charge in [-0.3, -0.25) is 4.79 Å². The number of sulfonamides is 1. The molecule has 0 aromatic heterocycles. The van der Waals surface area contributed by atoms with Crippen LogP contribution in [-0.2, 0) is 24.3 Å². The highest BCUT2D eigenvalue weighted by Crippen LogP contribution is 2.17. The molecular formula is C12H13NO8S. The molecular weight excluding hydrogens is 318 g/mol. The molecule has 22 heavy (non-hydrogen) atoms. The van der Waals surface area contributed by atoms with Gasteiger partial charge in [0.1, 0.15) is 6.54 Å². The number of ether oxygens (including phenoxy) is 2. The molecule has 1 aromatic rings. The lowest BCUT2D eigenvalue weighted by atomic mass is 10.1. The van der Waals surface area contributed by atoms with Gasteiger partial charge in [-0.2, -0.15) is 4.72 Å². The minimum atomic E-state index is -4.23. The van der Waals surface area contributed by atoms with Gasteiger partial charge in [0.2, 0.25) is 10.0 Å². The largest absolute Gasteiger partial charge is 0.480 e. The molecule has 0 radical (unpaired) electrons. The van der Waals surface area contributed by atoms with Crippen LogP contribution in [0.2, 0.25) is 0 Å². The molecule has 0 saturated carbocycles. The molecule has 0 unspecified atom stereocenters. The summed E-state index contributed by atoms with van der Waals surface area (Å²) >= 11 is 0. The summed E-state index contributed by atoms with van der Waals surface area (Å²) in [7, 11) is -2.06. The summed E-state index contributed by atoms with van der Waals surface area (Å²) in [5.74, 6) is -3.11. The van der Waals surface area contributed by atoms with Crippen LogP contribution < -0.4 is 4.72 Å². The highest BCUT2D eigenvalue weighted by Gasteiger charge is 2.21. The Labute approximate surface area is 125 Å². The molecule has 0 atom stereocenters. The van der Waals surface area contributed by atoms with Crippen molar-refractivity contribution in [2.24, 2.45) is 0 Å². The monoisotopic (exact) mass is 331 g/mol. The van der Waals surface area contributed by atoms with Crippen LogP contribution in [0.25, 0.3) is 0 Å². The Bertz CT molecular complexity index is 676. The molecule has 0 aliphatic heterocycles. The molecule has 0 amide bonds. The molecule has 0 saturated heterocycles. The average molecular weight is 331 g/mol. The molecule has 1 aromatic carbocycles. The molecule has 9 nitrogen and oxygen atoms in total. The predicted molar refractivity (Wildman–Crippen MR) is 71.9 cm³/mol. The maximum absolute atomic E-state index is 12.0. The standard InChI is InChI=1S/C12H13NO8S/c1-20-11(16)7-3-8(12(17)21-2)5-9(4-7)22(18,19)13-6-10(14)15/h3-5,13H,6H2,1-2H3,(H,14,15). The molecule has 10 heteroatoms. The Balaban J connectivity index is 3.37. The fourth-order valence-corrected chi connectivity index (χ4v) is 2.51. The van der Waals surface area contributed by atoms with Gasteiger partial charge in [-0.05, 0) is 18.2 Å². The number of benzene rings is 1. The molecule has 2 N–H and O–H groups in total. The van der Waals surface area contributed by atoms with Crippen LogP contribution in [0.1, 0.15) is 20.7 Å². The molecule has 120 valence electrons. The third kappa shape index (κ3) is 4.27. The van der Waals surface area contributed by atoms with E-state index in [0.29, 0.717) is 0 Å². The number of esters is 2. The number of carboxylic acid groups (broad SMARTS) is 1. The van der Waals surface area contributed by atoms with E-state index in [9.17, 15) is 22.8 Å². The van der Waals surface area contributed by atoms with Crippen molar-refractivity contribution >= 4 is 27.9 Å². The zero-order valence-corrected chi connectivity index (χ0v) is 12.5. The van der Waals surface area contributed by atoms with Gasteiger partial charge in [0.15, 0.2) is 0 Å². The number of methoxy groups -OCH3 is 2. The van der Waals surface area contributed by atoms with Gasteiger partial charge in [0, 0.05) is 0 Å². The van der Waals surface area contributed by atoms with Gasteiger partial charge < -0.3 is 14.6 Å². The number of carboxylic acids is 1. The van der Waals surface area contributed by atoms with Crippen molar-refractivity contribution in [3.63, 3.8) is 0 Å². The van der Waals surface area contributed by atoms with E-state index in [1.165, 1.54) is 0 Å². The molecule has 0 spiro atoms. The minimum absolute atomic E-state index is 0.193. The van der Waals surface area contributed by atoms with Crippen LogP contribution in [0.4, 0.5) is 0 Å². The Morgan fingerprint density at radius 3 is 1.86 bits per heavy atom. The van der Waals surface area contributed by atoms with Crippen LogP contribution >= 0.6 is 0 Å². The van der Waals surface area contributed by atoms with Gasteiger partial charge in [-0.1, -0.05) is 0 Å². The fraction of sp³-hybridized carbons (Fsp3) is 0.250. The van der Waals surface area contributed by atoms with Crippen LogP contribution in [-0.4, -0.2) is 52.2 Å². The lowest BCUT2D eigenvalue weighted by Gasteiger charge is -2.09. The summed E-state index contributed by atoms with van der Waals surface area (Å²) in [5, 5.41) is 8.51. The molecule has 0 heterocycles. The quantitative estimate of drug-likeness (QED) is 0.673. The van der Waals surface area contributed by atoms with E-state index >= 15 is 0 Å². The second-order valence-electron chi connectivity index (χ2n) is 3.95. The van der Waals surface area contributed by atoms with Gasteiger partial charge in [0.25, 0.3) is 0 Å². The zero-order valence-electron chi connectivity index (χ0n) is 11.7. The highest BCUT2D eigenvalue weighted by molar-refractivity contribution is 7.89. The van der Waals surface area contributed by atoms with Crippen molar-refractivity contribution < 1.29 is 37.4 Å². The van der Waals surface area contributed by atoms with E-state index in [-0.39, 0.29) is 11.1 Å². The first-order chi connectivity index (χ1) is 10.2.